The third-order valence-electron chi connectivity index (χ3n) is 3.99. The van der Waals surface area contributed by atoms with E-state index >= 15 is 0 Å². The monoisotopic (exact) mass is 324 g/mol. The molecule has 24 heavy (non-hydrogen) atoms. The van der Waals surface area contributed by atoms with Crippen molar-refractivity contribution in [3.8, 4) is 0 Å². The number of fused-ring (bicyclic) bond motifs is 1. The molecular formula is C16H16N6O2. The molecule has 1 atom stereocenters. The number of hydrogen-bond acceptors (Lipinski definition) is 6. The van der Waals surface area contributed by atoms with Crippen molar-refractivity contribution in [2.24, 2.45) is 0 Å². The summed E-state index contributed by atoms with van der Waals surface area (Å²) < 4.78 is 7.38. The zero-order chi connectivity index (χ0) is 16.5. The molecule has 0 N–H and O–H groups in total. The molecule has 1 fully saturated rings. The second kappa shape index (κ2) is 5.97. The molecule has 1 saturated heterocycles. The molecule has 4 rings (SSSR count). The minimum atomic E-state index is -0.251. The topological polar surface area (TPSA) is 85.5 Å². The number of carbonyl (C=O) groups is 1. The normalized spacial score (nSPS) is 18.0. The largest absolute Gasteiger partial charge is 0.368 e. The molecule has 1 unspecified atom stereocenters. The van der Waals surface area contributed by atoms with Crippen molar-refractivity contribution in [1.82, 2.24) is 29.5 Å². The van der Waals surface area contributed by atoms with Crippen molar-refractivity contribution in [1.29, 1.82) is 0 Å². The molecule has 0 aromatic carbocycles. The Morgan fingerprint density at radius 3 is 3.12 bits per heavy atom. The summed E-state index contributed by atoms with van der Waals surface area (Å²) in [5.74, 6) is 0.592. The van der Waals surface area contributed by atoms with E-state index in [1.54, 1.807) is 40.3 Å². The lowest BCUT2D eigenvalue weighted by Crippen LogP contribution is -2.42. The molecule has 0 radical (unpaired) electrons. The van der Waals surface area contributed by atoms with Crippen molar-refractivity contribution < 1.29 is 9.53 Å². The van der Waals surface area contributed by atoms with E-state index in [9.17, 15) is 4.79 Å². The Bertz CT molecular complexity index is 893. The van der Waals surface area contributed by atoms with Crippen molar-refractivity contribution >= 4 is 11.6 Å². The zero-order valence-electron chi connectivity index (χ0n) is 13.2. The van der Waals surface area contributed by atoms with Gasteiger partial charge in [0, 0.05) is 25.1 Å². The van der Waals surface area contributed by atoms with Crippen LogP contribution in [0.1, 0.15) is 28.0 Å². The van der Waals surface area contributed by atoms with E-state index in [2.05, 4.69) is 20.1 Å². The van der Waals surface area contributed by atoms with Crippen LogP contribution in [0.4, 0.5) is 0 Å². The maximum atomic E-state index is 12.9. The van der Waals surface area contributed by atoms with Gasteiger partial charge in [-0.15, -0.1) is 0 Å². The summed E-state index contributed by atoms with van der Waals surface area (Å²) in [6.07, 6.45) is 6.44. The van der Waals surface area contributed by atoms with Gasteiger partial charge >= 0.3 is 0 Å². The first kappa shape index (κ1) is 14.7. The number of aryl methyl sites for hydroxylation is 1. The van der Waals surface area contributed by atoms with Gasteiger partial charge in [0.25, 0.3) is 5.91 Å². The number of amides is 1. The van der Waals surface area contributed by atoms with Crippen molar-refractivity contribution in [3.63, 3.8) is 0 Å². The van der Waals surface area contributed by atoms with Crippen molar-refractivity contribution in [3.05, 3.63) is 54.0 Å². The number of aromatic nitrogens is 5. The van der Waals surface area contributed by atoms with Crippen LogP contribution in [-0.2, 0) is 4.74 Å². The van der Waals surface area contributed by atoms with E-state index in [0.717, 1.165) is 5.69 Å². The smallest absolute Gasteiger partial charge is 0.259 e. The van der Waals surface area contributed by atoms with Crippen molar-refractivity contribution in [2.45, 2.75) is 13.0 Å². The maximum absolute atomic E-state index is 12.9. The first-order chi connectivity index (χ1) is 11.7. The molecule has 1 amide bonds. The van der Waals surface area contributed by atoms with Crippen molar-refractivity contribution in [2.75, 3.05) is 19.7 Å². The summed E-state index contributed by atoms with van der Waals surface area (Å²) in [5, 5.41) is 4.18. The van der Waals surface area contributed by atoms with Gasteiger partial charge in [0.2, 0.25) is 0 Å². The van der Waals surface area contributed by atoms with Gasteiger partial charge in [-0.05, 0) is 19.1 Å². The molecular weight excluding hydrogens is 308 g/mol. The van der Waals surface area contributed by atoms with Gasteiger partial charge in [0.05, 0.1) is 25.0 Å². The predicted octanol–water partition coefficient (Wildman–Crippen LogP) is 1.04. The lowest BCUT2D eigenvalue weighted by Gasteiger charge is -2.32. The van der Waals surface area contributed by atoms with Gasteiger partial charge < -0.3 is 9.64 Å². The molecule has 1 aliphatic heterocycles. The summed E-state index contributed by atoms with van der Waals surface area (Å²) >= 11 is 0. The Kier molecular flexibility index (Phi) is 3.66. The zero-order valence-corrected chi connectivity index (χ0v) is 13.2. The van der Waals surface area contributed by atoms with Crippen LogP contribution in [0.5, 0.6) is 0 Å². The highest BCUT2D eigenvalue weighted by Gasteiger charge is 2.28. The van der Waals surface area contributed by atoms with Crippen LogP contribution >= 0.6 is 0 Å². The fourth-order valence-corrected chi connectivity index (χ4v) is 2.81. The maximum Gasteiger partial charge on any atom is 0.259 e. The minimum Gasteiger partial charge on any atom is -0.368 e. The second-order valence-electron chi connectivity index (χ2n) is 5.59. The van der Waals surface area contributed by atoms with E-state index in [4.69, 9.17) is 4.74 Å². The standard InChI is InChI=1S/C16H16N6O2/c1-11-17-5-3-13(20-11)14-10-21(7-8-24-14)16(23)12-9-19-22-6-2-4-18-15(12)22/h2-6,9,14H,7-8,10H2,1H3. The average molecular weight is 324 g/mol. The summed E-state index contributed by atoms with van der Waals surface area (Å²) in [5.41, 5.74) is 1.84. The number of rotatable bonds is 2. The molecule has 0 saturated carbocycles. The average Bonchev–Trinajstić information content (AvgIpc) is 3.05. The first-order valence-electron chi connectivity index (χ1n) is 7.71. The van der Waals surface area contributed by atoms with Crippen LogP contribution in [0.2, 0.25) is 0 Å². The summed E-state index contributed by atoms with van der Waals surface area (Å²) in [6, 6.07) is 3.60. The molecule has 8 heteroatoms. The highest BCUT2D eigenvalue weighted by atomic mass is 16.5. The Morgan fingerprint density at radius 2 is 2.25 bits per heavy atom. The highest BCUT2D eigenvalue weighted by Crippen LogP contribution is 2.22. The van der Waals surface area contributed by atoms with E-state index in [1.807, 2.05) is 13.0 Å². The quantitative estimate of drug-likeness (QED) is 0.700. The lowest BCUT2D eigenvalue weighted by atomic mass is 10.1. The molecule has 3 aromatic heterocycles. The summed E-state index contributed by atoms with van der Waals surface area (Å²) in [4.78, 5) is 27.4. The predicted molar refractivity (Wildman–Crippen MR) is 84.4 cm³/mol. The van der Waals surface area contributed by atoms with Gasteiger partial charge in [-0.3, -0.25) is 4.79 Å². The van der Waals surface area contributed by atoms with Crippen LogP contribution in [0.15, 0.2) is 36.9 Å². The van der Waals surface area contributed by atoms with Gasteiger partial charge in [0.1, 0.15) is 17.5 Å². The van der Waals surface area contributed by atoms with Gasteiger partial charge in [-0.2, -0.15) is 5.10 Å². The number of hydrogen-bond donors (Lipinski definition) is 0. The minimum absolute atomic E-state index is 0.0946. The SMILES string of the molecule is Cc1nccc(C2CN(C(=O)c3cnn4cccnc34)CCO2)n1. The molecule has 1 aliphatic rings. The van der Waals surface area contributed by atoms with Crippen LogP contribution in [0.25, 0.3) is 5.65 Å². The molecule has 0 spiro atoms. The summed E-state index contributed by atoms with van der Waals surface area (Å²) in [6.45, 7) is 3.27. The van der Waals surface area contributed by atoms with Crippen LogP contribution in [0.3, 0.4) is 0 Å². The molecule has 8 nitrogen and oxygen atoms in total. The Hall–Kier alpha value is -2.87. The van der Waals surface area contributed by atoms with Gasteiger partial charge in [0.15, 0.2) is 5.65 Å². The van der Waals surface area contributed by atoms with Gasteiger partial charge in [-0.25, -0.2) is 19.5 Å². The fourth-order valence-electron chi connectivity index (χ4n) is 2.81. The van der Waals surface area contributed by atoms with E-state index in [0.29, 0.717) is 36.7 Å². The van der Waals surface area contributed by atoms with E-state index in [1.165, 1.54) is 0 Å². The third kappa shape index (κ3) is 2.61. The first-order valence-corrected chi connectivity index (χ1v) is 7.71. The second-order valence-corrected chi connectivity index (χ2v) is 5.59. The van der Waals surface area contributed by atoms with Gasteiger partial charge in [-0.1, -0.05) is 0 Å². The highest BCUT2D eigenvalue weighted by molar-refractivity contribution is 5.99. The van der Waals surface area contributed by atoms with Crippen LogP contribution in [-0.4, -0.2) is 55.1 Å². The number of carbonyl (C=O) groups excluding carboxylic acids is 1. The van der Waals surface area contributed by atoms with E-state index in [-0.39, 0.29) is 12.0 Å². The number of morpholine rings is 1. The Balaban J connectivity index is 1.58. The summed E-state index contributed by atoms with van der Waals surface area (Å²) in [7, 11) is 0. The number of ether oxygens (including phenoxy) is 1. The fraction of sp³-hybridized carbons (Fsp3) is 0.312. The van der Waals surface area contributed by atoms with E-state index < -0.39 is 0 Å². The molecule has 3 aromatic rings. The third-order valence-corrected chi connectivity index (χ3v) is 3.99. The lowest BCUT2D eigenvalue weighted by molar-refractivity contribution is -0.0247. The molecule has 122 valence electrons. The Morgan fingerprint density at radius 1 is 1.33 bits per heavy atom. The van der Waals surface area contributed by atoms with Crippen LogP contribution < -0.4 is 0 Å². The van der Waals surface area contributed by atoms with Crippen LogP contribution in [0, 0.1) is 6.92 Å². The molecule has 4 heterocycles. The Labute approximate surface area is 138 Å². The molecule has 0 aliphatic carbocycles. The molecule has 0 bridgehead atoms. The number of nitrogens with zero attached hydrogens (tertiary/aromatic N) is 6.